The van der Waals surface area contributed by atoms with Gasteiger partial charge < -0.3 is 15.2 Å². The number of rotatable bonds is 2. The number of aromatic nitrogens is 1. The molecule has 1 aliphatic heterocycles. The van der Waals surface area contributed by atoms with Gasteiger partial charge in [0.1, 0.15) is 18.4 Å². The van der Waals surface area contributed by atoms with Gasteiger partial charge in [0.15, 0.2) is 0 Å². The Bertz CT molecular complexity index is 518. The largest absolute Gasteiger partial charge is 0.384 e. The molecule has 1 aromatic heterocycles. The predicted molar refractivity (Wildman–Crippen MR) is 68.8 cm³/mol. The lowest BCUT2D eigenvalue weighted by Gasteiger charge is -2.17. The van der Waals surface area contributed by atoms with Crippen LogP contribution in [-0.2, 0) is 11.3 Å². The summed E-state index contributed by atoms with van der Waals surface area (Å²) in [5, 5.41) is 9.04. The third-order valence-corrected chi connectivity index (χ3v) is 3.73. The molecule has 18 heavy (non-hydrogen) atoms. The molecule has 1 saturated heterocycles. The molecule has 5 nitrogen and oxygen atoms in total. The van der Waals surface area contributed by atoms with Crippen LogP contribution in [0.5, 0.6) is 0 Å². The summed E-state index contributed by atoms with van der Waals surface area (Å²) in [5.74, 6) is 0.488. The lowest BCUT2D eigenvalue weighted by Crippen LogP contribution is -2.31. The van der Waals surface area contributed by atoms with Crippen LogP contribution in [0.4, 0.5) is 5.82 Å². The predicted octanol–water partition coefficient (Wildman–Crippen LogP) is 1.18. The van der Waals surface area contributed by atoms with Crippen LogP contribution < -0.4 is 5.73 Å². The van der Waals surface area contributed by atoms with Gasteiger partial charge >= 0.3 is 0 Å². The van der Waals surface area contributed by atoms with Crippen LogP contribution in [-0.4, -0.2) is 28.5 Å². The molecule has 0 saturated carbocycles. The maximum atomic E-state index is 12.1. The Morgan fingerprint density at radius 2 is 2.00 bits per heavy atom. The van der Waals surface area contributed by atoms with Crippen molar-refractivity contribution in [3.8, 4) is 6.07 Å². The van der Waals surface area contributed by atoms with E-state index >= 15 is 0 Å². The number of amides is 1. The molecule has 0 bridgehead atoms. The highest BCUT2D eigenvalue weighted by molar-refractivity contribution is 5.77. The average Bonchev–Trinajstić information content (AvgIpc) is 2.94. The molecule has 96 valence electrons. The first-order valence-electron chi connectivity index (χ1n) is 6.19. The summed E-state index contributed by atoms with van der Waals surface area (Å²) in [6, 6.07) is 2.10. The maximum Gasteiger partial charge on any atom is 0.242 e. The van der Waals surface area contributed by atoms with Crippen LogP contribution >= 0.6 is 0 Å². The number of likely N-dealkylation sites (tertiary alicyclic amines) is 1. The number of nitriles is 1. The van der Waals surface area contributed by atoms with Crippen LogP contribution in [0.2, 0.25) is 0 Å². The number of nitrogen functional groups attached to an aromatic ring is 1. The average molecular weight is 246 g/mol. The Labute approximate surface area is 107 Å². The Balaban J connectivity index is 2.24. The zero-order chi connectivity index (χ0) is 13.3. The smallest absolute Gasteiger partial charge is 0.242 e. The zero-order valence-corrected chi connectivity index (χ0v) is 10.9. The second-order valence-electron chi connectivity index (χ2n) is 4.76. The standard InChI is InChI=1S/C13H18N4O/c1-9-10(2)17(13(15)11(9)7-14)8-12(18)16-5-3-4-6-16/h3-6,8,15H2,1-2H3. The van der Waals surface area contributed by atoms with E-state index in [1.807, 2.05) is 18.7 Å². The van der Waals surface area contributed by atoms with E-state index in [0.29, 0.717) is 11.4 Å². The van der Waals surface area contributed by atoms with E-state index < -0.39 is 0 Å². The Kier molecular flexibility index (Phi) is 3.28. The van der Waals surface area contributed by atoms with Gasteiger partial charge in [0, 0.05) is 18.8 Å². The van der Waals surface area contributed by atoms with Crippen molar-refractivity contribution in [3.63, 3.8) is 0 Å². The normalized spacial score (nSPS) is 14.8. The minimum atomic E-state index is 0.0850. The van der Waals surface area contributed by atoms with Crippen LogP contribution in [0.1, 0.15) is 29.7 Å². The number of carbonyl (C=O) groups excluding carboxylic acids is 1. The summed E-state index contributed by atoms with van der Waals surface area (Å²) in [4.78, 5) is 14.0. The summed E-state index contributed by atoms with van der Waals surface area (Å²) in [5.41, 5.74) is 8.18. The lowest BCUT2D eigenvalue weighted by atomic mass is 10.2. The highest BCUT2D eigenvalue weighted by atomic mass is 16.2. The Morgan fingerprint density at radius 1 is 1.39 bits per heavy atom. The topological polar surface area (TPSA) is 75.0 Å². The molecular weight excluding hydrogens is 228 g/mol. The summed E-state index contributed by atoms with van der Waals surface area (Å²) in [6.07, 6.45) is 2.16. The molecule has 5 heteroatoms. The molecule has 2 heterocycles. The van der Waals surface area contributed by atoms with Crippen molar-refractivity contribution in [1.29, 1.82) is 5.26 Å². The fourth-order valence-corrected chi connectivity index (χ4v) is 2.44. The lowest BCUT2D eigenvalue weighted by molar-refractivity contribution is -0.130. The number of nitrogens with two attached hydrogens (primary N) is 1. The summed E-state index contributed by atoms with van der Waals surface area (Å²) in [7, 11) is 0. The van der Waals surface area contributed by atoms with Gasteiger partial charge in [-0.15, -0.1) is 0 Å². The molecule has 1 aliphatic rings. The van der Waals surface area contributed by atoms with E-state index in [1.165, 1.54) is 0 Å². The number of nitrogens with zero attached hydrogens (tertiary/aromatic N) is 3. The van der Waals surface area contributed by atoms with Crippen LogP contribution in [0.15, 0.2) is 0 Å². The second-order valence-corrected chi connectivity index (χ2v) is 4.76. The molecule has 2 N–H and O–H groups in total. The molecule has 0 aliphatic carbocycles. The van der Waals surface area contributed by atoms with E-state index in [-0.39, 0.29) is 12.5 Å². The molecule has 1 aromatic rings. The quantitative estimate of drug-likeness (QED) is 0.851. The second kappa shape index (κ2) is 4.73. The van der Waals surface area contributed by atoms with Gasteiger partial charge in [0.25, 0.3) is 0 Å². The van der Waals surface area contributed by atoms with Crippen molar-refractivity contribution in [1.82, 2.24) is 9.47 Å². The van der Waals surface area contributed by atoms with E-state index in [9.17, 15) is 4.79 Å². The van der Waals surface area contributed by atoms with E-state index in [4.69, 9.17) is 11.0 Å². The molecule has 0 spiro atoms. The van der Waals surface area contributed by atoms with Crippen molar-refractivity contribution < 1.29 is 4.79 Å². The fourth-order valence-electron chi connectivity index (χ4n) is 2.44. The maximum absolute atomic E-state index is 12.1. The first kappa shape index (κ1) is 12.5. The van der Waals surface area contributed by atoms with E-state index in [0.717, 1.165) is 37.2 Å². The molecular formula is C13H18N4O. The van der Waals surface area contributed by atoms with Gasteiger partial charge in [-0.2, -0.15) is 5.26 Å². The summed E-state index contributed by atoms with van der Waals surface area (Å²) >= 11 is 0. The fraction of sp³-hybridized carbons (Fsp3) is 0.538. The minimum absolute atomic E-state index is 0.0850. The van der Waals surface area contributed by atoms with Crippen molar-refractivity contribution in [3.05, 3.63) is 16.8 Å². The van der Waals surface area contributed by atoms with Crippen molar-refractivity contribution >= 4 is 11.7 Å². The van der Waals surface area contributed by atoms with Crippen LogP contribution in [0.25, 0.3) is 0 Å². The van der Waals surface area contributed by atoms with Crippen LogP contribution in [0.3, 0.4) is 0 Å². The van der Waals surface area contributed by atoms with E-state index in [1.54, 1.807) is 4.57 Å². The van der Waals surface area contributed by atoms with Crippen molar-refractivity contribution in [2.75, 3.05) is 18.8 Å². The Morgan fingerprint density at radius 3 is 2.50 bits per heavy atom. The molecule has 0 aromatic carbocycles. The van der Waals surface area contributed by atoms with E-state index in [2.05, 4.69) is 6.07 Å². The number of carbonyl (C=O) groups is 1. The number of hydrogen-bond acceptors (Lipinski definition) is 3. The highest BCUT2D eigenvalue weighted by Gasteiger charge is 2.21. The van der Waals surface area contributed by atoms with Crippen molar-refractivity contribution in [2.45, 2.75) is 33.2 Å². The monoisotopic (exact) mass is 246 g/mol. The minimum Gasteiger partial charge on any atom is -0.384 e. The molecule has 0 atom stereocenters. The first-order valence-corrected chi connectivity index (χ1v) is 6.19. The van der Waals surface area contributed by atoms with Crippen molar-refractivity contribution in [2.24, 2.45) is 0 Å². The van der Waals surface area contributed by atoms with Gasteiger partial charge in [-0.3, -0.25) is 4.79 Å². The van der Waals surface area contributed by atoms with Gasteiger partial charge in [-0.1, -0.05) is 0 Å². The van der Waals surface area contributed by atoms with Gasteiger partial charge in [0.2, 0.25) is 5.91 Å². The highest BCUT2D eigenvalue weighted by Crippen LogP contribution is 2.23. The number of anilines is 1. The summed E-state index contributed by atoms with van der Waals surface area (Å²) < 4.78 is 1.74. The zero-order valence-electron chi connectivity index (χ0n) is 10.9. The molecule has 1 fully saturated rings. The molecule has 2 rings (SSSR count). The third kappa shape index (κ3) is 1.94. The molecule has 0 radical (unpaired) electrons. The molecule has 1 amide bonds. The Hall–Kier alpha value is -1.96. The van der Waals surface area contributed by atoms with Gasteiger partial charge in [0.05, 0.1) is 5.56 Å². The third-order valence-electron chi connectivity index (χ3n) is 3.73. The SMILES string of the molecule is Cc1c(C#N)c(N)n(CC(=O)N2CCCC2)c1C. The van der Waals surface area contributed by atoms with Crippen LogP contribution in [0, 0.1) is 25.2 Å². The first-order chi connectivity index (χ1) is 8.56. The van der Waals surface area contributed by atoms with Gasteiger partial charge in [-0.25, -0.2) is 0 Å². The van der Waals surface area contributed by atoms with Gasteiger partial charge in [-0.05, 0) is 32.3 Å². The number of hydrogen-bond donors (Lipinski definition) is 1. The molecule has 0 unspecified atom stereocenters. The summed E-state index contributed by atoms with van der Waals surface area (Å²) in [6.45, 7) is 5.66.